The Bertz CT molecular complexity index is 916. The molecule has 8 heteroatoms. The fourth-order valence-electron chi connectivity index (χ4n) is 3.51. The first-order chi connectivity index (χ1) is 14.9. The number of piperazine rings is 1. The minimum Gasteiger partial charge on any atom is -0.495 e. The summed E-state index contributed by atoms with van der Waals surface area (Å²) in [5.74, 6) is 0.0971. The van der Waals surface area contributed by atoms with Gasteiger partial charge in [-0.15, -0.1) is 0 Å². The molecule has 166 valence electrons. The zero-order chi connectivity index (χ0) is 22.4. The smallest absolute Gasteiger partial charge is 0.338 e. The molecule has 1 aliphatic rings. The van der Waals surface area contributed by atoms with Crippen LogP contribution in [0.25, 0.3) is 0 Å². The minimum atomic E-state index is -0.601. The molecule has 3 rings (SSSR count). The van der Waals surface area contributed by atoms with Crippen molar-refractivity contribution < 1.29 is 23.8 Å². The van der Waals surface area contributed by atoms with Crippen molar-refractivity contribution in [2.75, 3.05) is 47.0 Å². The van der Waals surface area contributed by atoms with Crippen LogP contribution in [-0.4, -0.2) is 68.7 Å². The van der Waals surface area contributed by atoms with Gasteiger partial charge in [-0.3, -0.25) is 9.69 Å². The molecule has 0 atom stereocenters. The van der Waals surface area contributed by atoms with Crippen LogP contribution in [0, 0.1) is 6.92 Å². The van der Waals surface area contributed by atoms with E-state index in [1.807, 2.05) is 0 Å². The second-order valence-corrected chi connectivity index (χ2v) is 8.21. The lowest BCUT2D eigenvalue weighted by atomic mass is 10.1. The van der Waals surface area contributed by atoms with Crippen molar-refractivity contribution in [2.24, 2.45) is 0 Å². The number of hydrogen-bond acceptors (Lipinski definition) is 6. The largest absolute Gasteiger partial charge is 0.495 e. The van der Waals surface area contributed by atoms with E-state index in [0.717, 1.165) is 19.6 Å². The molecule has 0 bridgehead atoms. The molecule has 0 aromatic heterocycles. The third-order valence-electron chi connectivity index (χ3n) is 5.22. The first-order valence-electron chi connectivity index (χ1n) is 10.1. The van der Waals surface area contributed by atoms with E-state index < -0.39 is 5.97 Å². The Kier molecular flexibility index (Phi) is 7.92. The average Bonchev–Trinajstić information content (AvgIpc) is 2.78. The van der Waals surface area contributed by atoms with Gasteiger partial charge in [0.05, 0.1) is 19.8 Å². The molecule has 2 aromatic carbocycles. The molecule has 0 saturated carbocycles. The topological polar surface area (TPSA) is 68.3 Å². The summed E-state index contributed by atoms with van der Waals surface area (Å²) < 4.78 is 16.3. The molecule has 2 aromatic rings. The van der Waals surface area contributed by atoms with E-state index in [9.17, 15) is 9.59 Å². The van der Waals surface area contributed by atoms with Crippen LogP contribution >= 0.6 is 15.9 Å². The number of rotatable bonds is 7. The number of halogens is 1. The highest BCUT2D eigenvalue weighted by atomic mass is 79.9. The van der Waals surface area contributed by atoms with Crippen LogP contribution in [0.1, 0.15) is 21.5 Å². The molecule has 7 nitrogen and oxygen atoms in total. The molecule has 1 amide bonds. The van der Waals surface area contributed by atoms with E-state index >= 15 is 0 Å². The van der Waals surface area contributed by atoms with E-state index in [4.69, 9.17) is 14.2 Å². The maximum absolute atomic E-state index is 12.5. The number of carbonyl (C=O) groups excluding carboxylic acids is 2. The lowest BCUT2D eigenvalue weighted by molar-refractivity contribution is -0.136. The Labute approximate surface area is 191 Å². The third kappa shape index (κ3) is 5.98. The summed E-state index contributed by atoms with van der Waals surface area (Å²) in [5.41, 5.74) is 2.77. The molecule has 0 spiro atoms. The van der Waals surface area contributed by atoms with Crippen LogP contribution in [0.3, 0.4) is 0 Å². The fourth-order valence-corrected chi connectivity index (χ4v) is 4.07. The van der Waals surface area contributed by atoms with Gasteiger partial charge < -0.3 is 19.1 Å². The third-order valence-corrected chi connectivity index (χ3v) is 6.00. The summed E-state index contributed by atoms with van der Waals surface area (Å²) >= 11 is 3.36. The molecule has 1 fully saturated rings. The first-order valence-corrected chi connectivity index (χ1v) is 10.8. The van der Waals surface area contributed by atoms with E-state index in [0.29, 0.717) is 29.1 Å². The van der Waals surface area contributed by atoms with Crippen molar-refractivity contribution >= 4 is 27.8 Å². The molecule has 0 aliphatic carbocycles. The highest BCUT2D eigenvalue weighted by Crippen LogP contribution is 2.35. The first kappa shape index (κ1) is 23.1. The Morgan fingerprint density at radius 2 is 1.65 bits per heavy atom. The van der Waals surface area contributed by atoms with E-state index in [1.165, 1.54) is 25.3 Å². The lowest BCUT2D eigenvalue weighted by Crippen LogP contribution is -2.49. The lowest BCUT2D eigenvalue weighted by Gasteiger charge is -2.34. The zero-order valence-corrected chi connectivity index (χ0v) is 19.6. The van der Waals surface area contributed by atoms with E-state index in [-0.39, 0.29) is 18.1 Å². The number of esters is 1. The predicted molar refractivity (Wildman–Crippen MR) is 121 cm³/mol. The summed E-state index contributed by atoms with van der Waals surface area (Å²) in [7, 11) is 2.99. The number of benzene rings is 2. The number of nitrogens with zero attached hydrogens (tertiary/aromatic N) is 2. The molecule has 1 heterocycles. The SMILES string of the molecule is COc1cc(C(=O)OCC(=O)N2CCN(Cc3cccc(C)c3)CC2)cc(OC)c1Br. The quantitative estimate of drug-likeness (QED) is 0.554. The summed E-state index contributed by atoms with van der Waals surface area (Å²) in [5, 5.41) is 0. The van der Waals surface area contributed by atoms with Crippen LogP contribution in [0.15, 0.2) is 40.9 Å². The standard InChI is InChI=1S/C23H27BrN2O5/c1-16-5-4-6-17(11-16)14-25-7-9-26(10-8-25)21(27)15-31-23(28)18-12-19(29-2)22(24)20(13-18)30-3/h4-6,11-13H,7-10,14-15H2,1-3H3. The highest BCUT2D eigenvalue weighted by molar-refractivity contribution is 9.10. The van der Waals surface area contributed by atoms with Gasteiger partial charge in [0.2, 0.25) is 0 Å². The van der Waals surface area contributed by atoms with Gasteiger partial charge in [-0.05, 0) is 40.5 Å². The van der Waals surface area contributed by atoms with Crippen molar-refractivity contribution in [2.45, 2.75) is 13.5 Å². The van der Waals surface area contributed by atoms with Crippen molar-refractivity contribution in [1.29, 1.82) is 0 Å². The number of aryl methyl sites for hydroxylation is 1. The van der Waals surface area contributed by atoms with Crippen LogP contribution in [0.2, 0.25) is 0 Å². The van der Waals surface area contributed by atoms with Gasteiger partial charge in [-0.2, -0.15) is 0 Å². The van der Waals surface area contributed by atoms with Gasteiger partial charge in [0.15, 0.2) is 6.61 Å². The number of ether oxygens (including phenoxy) is 3. The summed E-state index contributed by atoms with van der Waals surface area (Å²) in [4.78, 5) is 29.0. The van der Waals surface area contributed by atoms with E-state index in [2.05, 4.69) is 52.0 Å². The second-order valence-electron chi connectivity index (χ2n) is 7.42. The van der Waals surface area contributed by atoms with Crippen LogP contribution in [-0.2, 0) is 16.1 Å². The number of carbonyl (C=O) groups is 2. The van der Waals surface area contributed by atoms with Gasteiger partial charge in [-0.1, -0.05) is 29.8 Å². The summed E-state index contributed by atoms with van der Waals surface area (Å²) in [6.45, 7) is 5.46. The molecule has 31 heavy (non-hydrogen) atoms. The van der Waals surface area contributed by atoms with E-state index in [1.54, 1.807) is 17.0 Å². The molecule has 0 radical (unpaired) electrons. The van der Waals surface area contributed by atoms with Crippen molar-refractivity contribution in [3.05, 3.63) is 57.6 Å². The highest BCUT2D eigenvalue weighted by Gasteiger charge is 2.23. The molecule has 0 N–H and O–H groups in total. The van der Waals surface area contributed by atoms with Crippen molar-refractivity contribution in [1.82, 2.24) is 9.80 Å². The van der Waals surface area contributed by atoms with Crippen LogP contribution < -0.4 is 9.47 Å². The molecular weight excluding hydrogens is 464 g/mol. The summed E-state index contributed by atoms with van der Waals surface area (Å²) in [6.07, 6.45) is 0. The number of methoxy groups -OCH3 is 2. The van der Waals surface area contributed by atoms with Gasteiger partial charge in [0.1, 0.15) is 16.0 Å². The Morgan fingerprint density at radius 3 is 2.23 bits per heavy atom. The Balaban J connectivity index is 1.50. The number of hydrogen-bond donors (Lipinski definition) is 0. The zero-order valence-electron chi connectivity index (χ0n) is 18.0. The van der Waals surface area contributed by atoms with Crippen molar-refractivity contribution in [3.63, 3.8) is 0 Å². The average molecular weight is 491 g/mol. The molecular formula is C23H27BrN2O5. The van der Waals surface area contributed by atoms with Gasteiger partial charge in [0.25, 0.3) is 5.91 Å². The number of amides is 1. The van der Waals surface area contributed by atoms with Gasteiger partial charge in [0, 0.05) is 32.7 Å². The van der Waals surface area contributed by atoms with Crippen molar-refractivity contribution in [3.8, 4) is 11.5 Å². The summed E-state index contributed by atoms with van der Waals surface area (Å²) in [6, 6.07) is 11.5. The maximum atomic E-state index is 12.5. The minimum absolute atomic E-state index is 0.195. The monoisotopic (exact) mass is 490 g/mol. The second kappa shape index (κ2) is 10.6. The fraction of sp³-hybridized carbons (Fsp3) is 0.391. The Hall–Kier alpha value is -2.58. The van der Waals surface area contributed by atoms with Gasteiger partial charge in [-0.25, -0.2) is 4.79 Å². The molecule has 0 unspecified atom stereocenters. The molecule has 1 saturated heterocycles. The normalized spacial score (nSPS) is 14.3. The maximum Gasteiger partial charge on any atom is 0.338 e. The van der Waals surface area contributed by atoms with Gasteiger partial charge >= 0.3 is 5.97 Å². The predicted octanol–water partition coefficient (Wildman–Crippen LogP) is 3.28. The molecule has 1 aliphatic heterocycles. The van der Waals surface area contributed by atoms with Crippen LogP contribution in [0.5, 0.6) is 11.5 Å². The Morgan fingerprint density at radius 1 is 1.00 bits per heavy atom. The van der Waals surface area contributed by atoms with Crippen LogP contribution in [0.4, 0.5) is 0 Å².